The van der Waals surface area contributed by atoms with Crippen LogP contribution in [-0.4, -0.2) is 29.0 Å². The number of nitro groups is 1. The number of carbonyl (C=O) groups excluding carboxylic acids is 1. The molecule has 0 bridgehead atoms. The molecular formula is C17H15ClN2O6. The van der Waals surface area contributed by atoms with Gasteiger partial charge in [0.1, 0.15) is 5.75 Å². The van der Waals surface area contributed by atoms with E-state index in [1.807, 2.05) is 0 Å². The van der Waals surface area contributed by atoms with Gasteiger partial charge in [0.25, 0.3) is 11.6 Å². The maximum absolute atomic E-state index is 12.5. The predicted molar refractivity (Wildman–Crippen MR) is 93.6 cm³/mol. The normalized spacial score (nSPS) is 11.5. The molecule has 2 aromatic rings. The molecule has 0 aliphatic carbocycles. The number of hydrogen-bond donors (Lipinski definition) is 2. The number of hydrogen-bond acceptors (Lipinski definition) is 5. The number of methoxy groups -OCH3 is 1. The van der Waals surface area contributed by atoms with Gasteiger partial charge in [-0.25, -0.2) is 0 Å². The van der Waals surface area contributed by atoms with Crippen LogP contribution in [0.15, 0.2) is 42.5 Å². The fourth-order valence-electron chi connectivity index (χ4n) is 2.33. The second-order valence-corrected chi connectivity index (χ2v) is 5.73. The first kappa shape index (κ1) is 19.2. The van der Waals surface area contributed by atoms with Crippen molar-refractivity contribution in [2.45, 2.75) is 12.5 Å². The summed E-state index contributed by atoms with van der Waals surface area (Å²) >= 11 is 6.07. The Kier molecular flexibility index (Phi) is 6.13. The molecule has 1 amide bonds. The minimum absolute atomic E-state index is 0.118. The number of nitro benzene ring substituents is 1. The van der Waals surface area contributed by atoms with E-state index < -0.39 is 29.3 Å². The summed E-state index contributed by atoms with van der Waals surface area (Å²) in [5.74, 6) is -1.29. The Bertz CT molecular complexity index is 855. The zero-order valence-corrected chi connectivity index (χ0v) is 14.4. The number of nitrogens with one attached hydrogen (secondary N) is 1. The van der Waals surface area contributed by atoms with Crippen molar-refractivity contribution in [2.24, 2.45) is 0 Å². The highest BCUT2D eigenvalue weighted by Crippen LogP contribution is 2.29. The molecule has 136 valence electrons. The van der Waals surface area contributed by atoms with Crippen molar-refractivity contribution in [3.8, 4) is 5.75 Å². The van der Waals surface area contributed by atoms with Crippen LogP contribution in [0.5, 0.6) is 5.75 Å². The number of carboxylic acids is 1. The van der Waals surface area contributed by atoms with E-state index in [1.54, 1.807) is 12.1 Å². The van der Waals surface area contributed by atoms with Crippen LogP contribution in [0.2, 0.25) is 5.02 Å². The summed E-state index contributed by atoms with van der Waals surface area (Å²) in [6.45, 7) is 0. The molecule has 2 rings (SSSR count). The van der Waals surface area contributed by atoms with E-state index in [-0.39, 0.29) is 21.8 Å². The van der Waals surface area contributed by atoms with Gasteiger partial charge in [-0.1, -0.05) is 17.7 Å². The number of ether oxygens (including phenoxy) is 1. The van der Waals surface area contributed by atoms with Crippen molar-refractivity contribution in [2.75, 3.05) is 7.11 Å². The standard InChI is InChI=1S/C17H15ClN2O6/c1-26-12-4-2-3-10(7-12)17(23)19-15(9-16(21)22)13-8-11(20(24)25)5-6-14(13)18/h2-8,15H,9H2,1H3,(H,19,23)(H,21,22)/t15-/m1/s1. The molecule has 0 spiro atoms. The van der Waals surface area contributed by atoms with E-state index in [0.29, 0.717) is 5.75 Å². The number of benzene rings is 2. The molecule has 0 aliphatic rings. The zero-order chi connectivity index (χ0) is 19.3. The van der Waals surface area contributed by atoms with Crippen molar-refractivity contribution in [3.63, 3.8) is 0 Å². The maximum Gasteiger partial charge on any atom is 0.305 e. The van der Waals surface area contributed by atoms with E-state index in [0.717, 1.165) is 6.07 Å². The third kappa shape index (κ3) is 4.70. The summed E-state index contributed by atoms with van der Waals surface area (Å²) in [5, 5.41) is 22.8. The van der Waals surface area contributed by atoms with Gasteiger partial charge in [0.15, 0.2) is 0 Å². The van der Waals surface area contributed by atoms with Crippen molar-refractivity contribution in [1.82, 2.24) is 5.32 Å². The second-order valence-electron chi connectivity index (χ2n) is 5.32. The minimum atomic E-state index is -1.19. The fourth-order valence-corrected chi connectivity index (χ4v) is 2.58. The molecule has 0 aromatic heterocycles. The van der Waals surface area contributed by atoms with E-state index in [1.165, 1.54) is 31.4 Å². The molecule has 9 heteroatoms. The smallest absolute Gasteiger partial charge is 0.305 e. The van der Waals surface area contributed by atoms with Crippen molar-refractivity contribution >= 4 is 29.2 Å². The van der Waals surface area contributed by atoms with Gasteiger partial charge >= 0.3 is 5.97 Å². The van der Waals surface area contributed by atoms with Gasteiger partial charge in [0.2, 0.25) is 0 Å². The van der Waals surface area contributed by atoms with Gasteiger partial charge in [-0.15, -0.1) is 0 Å². The number of amides is 1. The SMILES string of the molecule is COc1cccc(C(=O)N[C@H](CC(=O)O)c2cc([N+](=O)[O-])ccc2Cl)c1. The summed E-state index contributed by atoms with van der Waals surface area (Å²) in [5.41, 5.74) is 0.149. The number of carbonyl (C=O) groups is 2. The number of non-ortho nitro benzene ring substituents is 1. The molecule has 0 unspecified atom stereocenters. The van der Waals surface area contributed by atoms with Gasteiger partial charge < -0.3 is 15.2 Å². The molecular weight excluding hydrogens is 364 g/mol. The number of aliphatic carboxylic acids is 1. The van der Waals surface area contributed by atoms with E-state index in [9.17, 15) is 19.7 Å². The Hall–Kier alpha value is -3.13. The van der Waals surface area contributed by atoms with E-state index >= 15 is 0 Å². The van der Waals surface area contributed by atoms with Crippen LogP contribution in [0, 0.1) is 10.1 Å². The molecule has 8 nitrogen and oxygen atoms in total. The Morgan fingerprint density at radius 1 is 1.31 bits per heavy atom. The molecule has 0 saturated carbocycles. The van der Waals surface area contributed by atoms with Gasteiger partial charge in [0, 0.05) is 28.3 Å². The predicted octanol–water partition coefficient (Wildman–Crippen LogP) is 3.20. The lowest BCUT2D eigenvalue weighted by molar-refractivity contribution is -0.384. The van der Waals surface area contributed by atoms with Crippen molar-refractivity contribution in [1.29, 1.82) is 0 Å². The molecule has 0 fully saturated rings. The largest absolute Gasteiger partial charge is 0.497 e. The molecule has 2 aromatic carbocycles. The Morgan fingerprint density at radius 2 is 2.04 bits per heavy atom. The number of carboxylic acid groups (broad SMARTS) is 1. The van der Waals surface area contributed by atoms with Crippen LogP contribution < -0.4 is 10.1 Å². The van der Waals surface area contributed by atoms with Gasteiger partial charge in [-0.3, -0.25) is 19.7 Å². The molecule has 26 heavy (non-hydrogen) atoms. The Labute approximate surface area is 153 Å². The summed E-state index contributed by atoms with van der Waals surface area (Å²) in [6.07, 6.45) is -0.489. The van der Waals surface area contributed by atoms with Crippen LogP contribution in [0.25, 0.3) is 0 Å². The van der Waals surface area contributed by atoms with Crippen LogP contribution >= 0.6 is 11.6 Å². The topological polar surface area (TPSA) is 119 Å². The number of halogens is 1. The first-order chi connectivity index (χ1) is 12.3. The lowest BCUT2D eigenvalue weighted by atomic mass is 10.0. The van der Waals surface area contributed by atoms with Crippen LogP contribution in [0.1, 0.15) is 28.4 Å². The molecule has 0 aliphatic heterocycles. The highest BCUT2D eigenvalue weighted by molar-refractivity contribution is 6.31. The average molecular weight is 379 g/mol. The third-order valence-electron chi connectivity index (χ3n) is 3.58. The average Bonchev–Trinajstić information content (AvgIpc) is 2.61. The molecule has 2 N–H and O–H groups in total. The van der Waals surface area contributed by atoms with Crippen LogP contribution in [0.3, 0.4) is 0 Å². The summed E-state index contributed by atoms with van der Waals surface area (Å²) in [6, 6.07) is 8.89. The van der Waals surface area contributed by atoms with Gasteiger partial charge in [-0.2, -0.15) is 0 Å². The highest BCUT2D eigenvalue weighted by atomic mass is 35.5. The molecule has 0 heterocycles. The van der Waals surface area contributed by atoms with Gasteiger partial charge in [-0.05, 0) is 24.3 Å². The highest BCUT2D eigenvalue weighted by Gasteiger charge is 2.23. The van der Waals surface area contributed by atoms with Crippen molar-refractivity contribution in [3.05, 3.63) is 68.7 Å². The minimum Gasteiger partial charge on any atom is -0.497 e. The number of rotatable bonds is 7. The van der Waals surface area contributed by atoms with E-state index in [2.05, 4.69) is 5.32 Å². The maximum atomic E-state index is 12.5. The second kappa shape index (κ2) is 8.30. The molecule has 0 saturated heterocycles. The summed E-state index contributed by atoms with van der Waals surface area (Å²) in [7, 11) is 1.45. The van der Waals surface area contributed by atoms with Crippen LogP contribution in [-0.2, 0) is 4.79 Å². The molecule has 0 radical (unpaired) electrons. The quantitative estimate of drug-likeness (QED) is 0.564. The zero-order valence-electron chi connectivity index (χ0n) is 13.6. The third-order valence-corrected chi connectivity index (χ3v) is 3.93. The first-order valence-corrected chi connectivity index (χ1v) is 7.80. The van der Waals surface area contributed by atoms with Crippen LogP contribution in [0.4, 0.5) is 5.69 Å². The Balaban J connectivity index is 2.36. The van der Waals surface area contributed by atoms with E-state index in [4.69, 9.17) is 21.4 Å². The van der Waals surface area contributed by atoms with Crippen molar-refractivity contribution < 1.29 is 24.4 Å². The molecule has 1 atom stereocenters. The lowest BCUT2D eigenvalue weighted by Crippen LogP contribution is -2.30. The Morgan fingerprint density at radius 3 is 2.65 bits per heavy atom. The monoisotopic (exact) mass is 378 g/mol. The summed E-state index contributed by atoms with van der Waals surface area (Å²) in [4.78, 5) is 34.0. The summed E-state index contributed by atoms with van der Waals surface area (Å²) < 4.78 is 5.05. The first-order valence-electron chi connectivity index (χ1n) is 7.42. The van der Waals surface area contributed by atoms with Gasteiger partial charge in [0.05, 0.1) is 24.5 Å². The fraction of sp³-hybridized carbons (Fsp3) is 0.176. The lowest BCUT2D eigenvalue weighted by Gasteiger charge is -2.19. The number of nitrogens with zero attached hydrogens (tertiary/aromatic N) is 1.